The number of nitrogens with one attached hydrogen (secondary N) is 4. The summed E-state index contributed by atoms with van der Waals surface area (Å²) in [5, 5.41) is 21.1. The highest BCUT2D eigenvalue weighted by Crippen LogP contribution is 2.30. The molecule has 2 aliphatic heterocycles. The number of imide groups is 1. The van der Waals surface area contributed by atoms with Crippen molar-refractivity contribution in [1.29, 1.82) is 5.26 Å². The zero-order valence-corrected chi connectivity index (χ0v) is 33.0. The highest BCUT2D eigenvalue weighted by molar-refractivity contribution is 6.30. The first kappa shape index (κ1) is 40.3. The molecule has 4 N–H and O–H groups in total. The van der Waals surface area contributed by atoms with Crippen molar-refractivity contribution in [3.63, 3.8) is 0 Å². The van der Waals surface area contributed by atoms with E-state index in [2.05, 4.69) is 75.3 Å². The largest absolute Gasteiger partial charge is 0.383 e. The van der Waals surface area contributed by atoms with E-state index in [0.717, 1.165) is 68.8 Å². The number of halogens is 2. The summed E-state index contributed by atoms with van der Waals surface area (Å²) in [4.78, 5) is 59.4. The second kappa shape index (κ2) is 18.6. The maximum absolute atomic E-state index is 15.3. The van der Waals surface area contributed by atoms with Gasteiger partial charge in [-0.15, -0.1) is 0 Å². The van der Waals surface area contributed by atoms with Gasteiger partial charge in [0.05, 0.1) is 23.4 Å². The molecule has 15 nitrogen and oxygen atoms in total. The molecule has 1 saturated carbocycles. The van der Waals surface area contributed by atoms with E-state index in [0.29, 0.717) is 55.6 Å². The highest BCUT2D eigenvalue weighted by Gasteiger charge is 2.30. The molecule has 1 saturated heterocycles. The van der Waals surface area contributed by atoms with Gasteiger partial charge in [0, 0.05) is 74.2 Å². The molecule has 3 aromatic heterocycles. The number of amides is 3. The fraction of sp³-hybridized carbons (Fsp3) is 0.415. The van der Waals surface area contributed by atoms with Gasteiger partial charge in [0.15, 0.2) is 0 Å². The molecule has 7 rings (SSSR count). The van der Waals surface area contributed by atoms with E-state index >= 15 is 4.39 Å². The number of carbonyl (C=O) groups is 3. The zero-order chi connectivity index (χ0) is 40.6. The SMILES string of the molecule is CC(CCC(=O)NC=O)Nc1ccc(N2CCN(C3CCC(NC(=O)c4ccc(Nc5ncnc6c5CCN(c5ccc(C#N)c(Cl)n5)C6)nc4F)CC3)CC2)cc1. The van der Waals surface area contributed by atoms with E-state index in [1.165, 1.54) is 18.1 Å². The normalized spacial score (nSPS) is 18.7. The predicted octanol–water partition coefficient (Wildman–Crippen LogP) is 4.95. The number of fused-ring (bicyclic) bond motifs is 1. The van der Waals surface area contributed by atoms with Gasteiger partial charge in [0.1, 0.15) is 35.0 Å². The van der Waals surface area contributed by atoms with E-state index < -0.39 is 11.9 Å². The Kier molecular flexibility index (Phi) is 12.9. The number of pyridine rings is 2. The molecule has 5 heterocycles. The van der Waals surface area contributed by atoms with Gasteiger partial charge in [-0.25, -0.2) is 19.9 Å². The Morgan fingerprint density at radius 3 is 2.47 bits per heavy atom. The molecule has 0 radical (unpaired) electrons. The van der Waals surface area contributed by atoms with Crippen LogP contribution in [0.15, 0.2) is 54.9 Å². The van der Waals surface area contributed by atoms with Crippen molar-refractivity contribution in [2.45, 2.75) is 76.5 Å². The molecule has 2 fully saturated rings. The molecule has 3 amide bonds. The van der Waals surface area contributed by atoms with Crippen molar-refractivity contribution in [1.82, 2.24) is 35.5 Å². The second-order valence-electron chi connectivity index (χ2n) is 14.9. The Morgan fingerprint density at radius 2 is 1.76 bits per heavy atom. The van der Waals surface area contributed by atoms with Crippen LogP contribution in [0.2, 0.25) is 5.15 Å². The van der Waals surface area contributed by atoms with Crippen LogP contribution in [0.4, 0.5) is 33.2 Å². The third kappa shape index (κ3) is 9.78. The Hall–Kier alpha value is -5.92. The molecular formula is C41H46ClFN12O3. The van der Waals surface area contributed by atoms with Gasteiger partial charge < -0.3 is 25.8 Å². The lowest BCUT2D eigenvalue weighted by atomic mass is 9.89. The van der Waals surface area contributed by atoms with Crippen molar-refractivity contribution in [2.24, 2.45) is 0 Å². The monoisotopic (exact) mass is 808 g/mol. The molecular weight excluding hydrogens is 763 g/mol. The van der Waals surface area contributed by atoms with Gasteiger partial charge in [-0.1, -0.05) is 11.6 Å². The van der Waals surface area contributed by atoms with Crippen molar-refractivity contribution in [3.05, 3.63) is 88.3 Å². The predicted molar refractivity (Wildman–Crippen MR) is 218 cm³/mol. The van der Waals surface area contributed by atoms with Crippen LogP contribution in [0.1, 0.15) is 72.6 Å². The van der Waals surface area contributed by atoms with E-state index in [-0.39, 0.29) is 40.9 Å². The van der Waals surface area contributed by atoms with Gasteiger partial charge in [-0.05, 0) is 94.0 Å². The lowest BCUT2D eigenvalue weighted by Crippen LogP contribution is -2.52. The fourth-order valence-electron chi connectivity index (χ4n) is 7.94. The van der Waals surface area contributed by atoms with Crippen LogP contribution in [-0.2, 0) is 22.6 Å². The fourth-order valence-corrected chi connectivity index (χ4v) is 8.13. The first-order valence-electron chi connectivity index (χ1n) is 19.6. The summed E-state index contributed by atoms with van der Waals surface area (Å²) in [6.45, 7) is 6.84. The van der Waals surface area contributed by atoms with Crippen LogP contribution in [0, 0.1) is 17.3 Å². The number of rotatable bonds is 13. The van der Waals surface area contributed by atoms with Crippen molar-refractivity contribution in [3.8, 4) is 6.07 Å². The summed E-state index contributed by atoms with van der Waals surface area (Å²) < 4.78 is 15.3. The molecule has 1 unspecified atom stereocenters. The van der Waals surface area contributed by atoms with Crippen LogP contribution in [-0.4, -0.2) is 93.9 Å². The van der Waals surface area contributed by atoms with Gasteiger partial charge in [-0.2, -0.15) is 9.65 Å². The van der Waals surface area contributed by atoms with Crippen LogP contribution in [0.25, 0.3) is 0 Å². The van der Waals surface area contributed by atoms with Crippen LogP contribution >= 0.6 is 11.6 Å². The van der Waals surface area contributed by atoms with Gasteiger partial charge in [0.25, 0.3) is 5.91 Å². The second-order valence-corrected chi connectivity index (χ2v) is 15.3. The Bertz CT molecular complexity index is 2150. The molecule has 3 aliphatic rings. The summed E-state index contributed by atoms with van der Waals surface area (Å²) in [5.41, 5.74) is 4.03. The Balaban J connectivity index is 0.848. The lowest BCUT2D eigenvalue weighted by Gasteiger charge is -2.42. The quantitative estimate of drug-likeness (QED) is 0.105. The third-order valence-corrected chi connectivity index (χ3v) is 11.4. The average Bonchev–Trinajstić information content (AvgIpc) is 3.23. The van der Waals surface area contributed by atoms with Gasteiger partial charge in [0.2, 0.25) is 18.3 Å². The number of piperazine rings is 1. The molecule has 58 heavy (non-hydrogen) atoms. The summed E-state index contributed by atoms with van der Waals surface area (Å²) in [6.07, 6.45) is 6.91. The van der Waals surface area contributed by atoms with E-state index in [1.807, 2.05) is 17.9 Å². The summed E-state index contributed by atoms with van der Waals surface area (Å²) in [6, 6.07) is 17.3. The Morgan fingerprint density at radius 1 is 0.983 bits per heavy atom. The number of nitriles is 1. The number of carbonyl (C=O) groups excluding carboxylic acids is 3. The minimum absolute atomic E-state index is 0.0341. The van der Waals surface area contributed by atoms with Crippen molar-refractivity contribution >= 4 is 58.7 Å². The van der Waals surface area contributed by atoms with Crippen molar-refractivity contribution < 1.29 is 18.8 Å². The van der Waals surface area contributed by atoms with Crippen LogP contribution in [0.5, 0.6) is 0 Å². The van der Waals surface area contributed by atoms with Crippen LogP contribution < -0.4 is 31.1 Å². The summed E-state index contributed by atoms with van der Waals surface area (Å²) >= 11 is 6.16. The summed E-state index contributed by atoms with van der Waals surface area (Å²) in [5.74, 6) is -0.212. The molecule has 1 aliphatic carbocycles. The average molecular weight is 809 g/mol. The number of aromatic nitrogens is 4. The van der Waals surface area contributed by atoms with E-state index in [1.54, 1.807) is 18.2 Å². The molecule has 1 aromatic carbocycles. The third-order valence-electron chi connectivity index (χ3n) is 11.2. The topological polar surface area (TPSA) is 184 Å². The highest BCUT2D eigenvalue weighted by atomic mass is 35.5. The van der Waals surface area contributed by atoms with Crippen LogP contribution in [0.3, 0.4) is 0 Å². The van der Waals surface area contributed by atoms with E-state index in [9.17, 15) is 14.4 Å². The van der Waals surface area contributed by atoms with Gasteiger partial charge in [-0.3, -0.25) is 24.6 Å². The molecule has 17 heteroatoms. The minimum atomic E-state index is -0.856. The Labute approximate surface area is 341 Å². The molecule has 302 valence electrons. The zero-order valence-electron chi connectivity index (χ0n) is 32.3. The first-order chi connectivity index (χ1) is 28.2. The number of anilines is 5. The number of hydrogen-bond acceptors (Lipinski definition) is 13. The molecule has 0 bridgehead atoms. The lowest BCUT2D eigenvalue weighted by molar-refractivity contribution is -0.125. The number of nitrogens with zero attached hydrogens (tertiary/aromatic N) is 8. The number of benzene rings is 1. The standard InChI is InChI=1S/C41H46ClFN12O3/c1-26(2-15-37(57)47-25-56)48-28-4-8-30(9-5-28)53-18-20-54(21-19-53)31-10-6-29(7-11-31)49-41(58)33-12-13-35(50-39(33)43)51-40-32-16-17-55(23-34(32)45-24-46-40)36-14-3-27(22-44)38(42)52-36/h3-5,8-9,12-14,24-26,29,31,48H,2,6-7,10-11,15-21,23H2,1H3,(H,49,58)(H,47,56,57)(H,45,46,50,51). The maximum Gasteiger partial charge on any atom is 0.256 e. The first-order valence-corrected chi connectivity index (χ1v) is 20.0. The minimum Gasteiger partial charge on any atom is -0.383 e. The maximum atomic E-state index is 15.3. The molecule has 0 spiro atoms. The van der Waals surface area contributed by atoms with Gasteiger partial charge >= 0.3 is 0 Å². The van der Waals surface area contributed by atoms with Crippen molar-refractivity contribution in [2.75, 3.05) is 53.2 Å². The smallest absolute Gasteiger partial charge is 0.256 e. The number of hydrogen-bond donors (Lipinski definition) is 4. The molecule has 4 aromatic rings. The molecule has 1 atom stereocenters. The summed E-state index contributed by atoms with van der Waals surface area (Å²) in [7, 11) is 0. The van der Waals surface area contributed by atoms with E-state index in [4.69, 9.17) is 16.9 Å².